The first-order valence-corrected chi connectivity index (χ1v) is 18.1. The van der Waals surface area contributed by atoms with E-state index in [2.05, 4.69) is 15.2 Å². The van der Waals surface area contributed by atoms with Gasteiger partial charge in [0.1, 0.15) is 36.3 Å². The summed E-state index contributed by atoms with van der Waals surface area (Å²) in [5.74, 6) is -2.75. The number of likely N-dealkylation sites (tertiary alicyclic amines) is 1. The van der Waals surface area contributed by atoms with E-state index in [0.29, 0.717) is 18.4 Å². The Hall–Kier alpha value is -4.80. The number of nitrogens with zero attached hydrogens (tertiary/aromatic N) is 5. The number of piperidine rings is 1. The Labute approximate surface area is 308 Å². The van der Waals surface area contributed by atoms with Gasteiger partial charge < -0.3 is 29.2 Å². The lowest BCUT2D eigenvalue weighted by atomic mass is 9.92. The molecule has 3 heterocycles. The molecule has 1 fully saturated rings. The van der Waals surface area contributed by atoms with E-state index in [1.54, 1.807) is 18.2 Å². The first-order valence-electron chi connectivity index (χ1n) is 16.6. The van der Waals surface area contributed by atoms with Crippen molar-refractivity contribution in [1.82, 2.24) is 24.6 Å². The molecule has 1 aliphatic heterocycles. The molecule has 3 aromatic rings. The van der Waals surface area contributed by atoms with Crippen molar-refractivity contribution in [2.75, 3.05) is 45.7 Å². The molecule has 2 aromatic heterocycles. The van der Waals surface area contributed by atoms with Gasteiger partial charge in [-0.15, -0.1) is 0 Å². The number of nitriles is 1. The van der Waals surface area contributed by atoms with Gasteiger partial charge in [0.25, 0.3) is 0 Å². The van der Waals surface area contributed by atoms with E-state index in [0.717, 1.165) is 27.3 Å². The monoisotopic (exact) mass is 783 g/mol. The van der Waals surface area contributed by atoms with E-state index in [1.807, 2.05) is 6.07 Å². The Morgan fingerprint density at radius 2 is 1.76 bits per heavy atom. The Bertz CT molecular complexity index is 1850. The molecule has 1 unspecified atom stereocenters. The molecule has 5 atom stereocenters. The van der Waals surface area contributed by atoms with Crippen molar-refractivity contribution in [2.45, 2.75) is 63.6 Å². The number of halogens is 3. The third kappa shape index (κ3) is 11.1. The van der Waals surface area contributed by atoms with Crippen molar-refractivity contribution in [2.24, 2.45) is 5.92 Å². The summed E-state index contributed by atoms with van der Waals surface area (Å²) in [7, 11) is -3.60. The highest BCUT2D eigenvalue weighted by atomic mass is 31.2. The van der Waals surface area contributed by atoms with Gasteiger partial charge in [0.05, 0.1) is 18.8 Å². The van der Waals surface area contributed by atoms with Crippen LogP contribution in [0.4, 0.5) is 19.0 Å². The third-order valence-electron chi connectivity index (χ3n) is 8.37. The second-order valence-electron chi connectivity index (χ2n) is 12.5. The van der Waals surface area contributed by atoms with Gasteiger partial charge in [-0.25, -0.2) is 14.1 Å². The van der Waals surface area contributed by atoms with Crippen molar-refractivity contribution >= 4 is 37.0 Å². The second kappa shape index (κ2) is 18.0. The van der Waals surface area contributed by atoms with Gasteiger partial charge in [0.15, 0.2) is 18.0 Å². The fourth-order valence-electron chi connectivity index (χ4n) is 5.69. The van der Waals surface area contributed by atoms with Crippen molar-refractivity contribution in [1.29, 1.82) is 5.26 Å². The molecule has 0 amide bonds. The minimum atomic E-state index is -4.68. The quantitative estimate of drug-likeness (QED) is 0.113. The molecule has 54 heavy (non-hydrogen) atoms. The van der Waals surface area contributed by atoms with Gasteiger partial charge >= 0.3 is 31.8 Å². The van der Waals surface area contributed by atoms with Crippen LogP contribution in [0.5, 0.6) is 5.75 Å². The molecular formula is C33H41F3N7O10P. The van der Waals surface area contributed by atoms with Crippen molar-refractivity contribution in [3.8, 4) is 11.8 Å². The number of hydrogen-bond donors (Lipinski definition) is 2. The van der Waals surface area contributed by atoms with Crippen LogP contribution >= 0.6 is 7.75 Å². The maximum Gasteiger partial charge on any atom is 0.459 e. The van der Waals surface area contributed by atoms with Crippen LogP contribution in [-0.2, 0) is 42.4 Å². The SMILES string of the molecule is CO[C@](C#N)(COP(=O)(N[C@@H](C)C(=O)OCC1CCN(CC(F)(F)F)CC1)Oc1ccccc1)[C@@H](OC(C)=O)[C@@H](OC(C)=O)c1ccc2c(N)ncnn12. The summed E-state index contributed by atoms with van der Waals surface area (Å²) in [5, 5.41) is 17.2. The maximum atomic E-state index is 14.4. The number of esters is 3. The second-order valence-corrected chi connectivity index (χ2v) is 14.2. The zero-order chi connectivity index (χ0) is 39.7. The number of ether oxygens (including phenoxy) is 4. The highest BCUT2D eigenvalue weighted by molar-refractivity contribution is 7.52. The van der Waals surface area contributed by atoms with E-state index < -0.39 is 68.8 Å². The molecule has 0 saturated carbocycles. The van der Waals surface area contributed by atoms with Gasteiger partial charge in [-0.3, -0.25) is 23.8 Å². The van der Waals surface area contributed by atoms with Gasteiger partial charge in [0, 0.05) is 21.0 Å². The smallest absolute Gasteiger partial charge is 0.459 e. The zero-order valence-corrected chi connectivity index (χ0v) is 30.7. The maximum absolute atomic E-state index is 14.4. The van der Waals surface area contributed by atoms with E-state index >= 15 is 0 Å². The van der Waals surface area contributed by atoms with Crippen LogP contribution in [0.3, 0.4) is 0 Å². The lowest BCUT2D eigenvalue weighted by molar-refractivity contribution is -0.191. The summed E-state index contributed by atoms with van der Waals surface area (Å²) < 4.78 is 87.7. The van der Waals surface area contributed by atoms with Crippen LogP contribution in [0.15, 0.2) is 48.8 Å². The first kappa shape index (κ1) is 41.9. The van der Waals surface area contributed by atoms with Crippen LogP contribution < -0.4 is 15.3 Å². The highest BCUT2D eigenvalue weighted by Crippen LogP contribution is 2.47. The molecule has 4 rings (SSSR count). The number of nitrogens with one attached hydrogen (secondary N) is 1. The number of methoxy groups -OCH3 is 1. The van der Waals surface area contributed by atoms with Crippen LogP contribution in [0, 0.1) is 17.2 Å². The molecule has 21 heteroatoms. The number of benzene rings is 1. The molecule has 1 aliphatic rings. The molecule has 0 spiro atoms. The molecular weight excluding hydrogens is 742 g/mol. The fourth-order valence-corrected chi connectivity index (χ4v) is 7.21. The third-order valence-corrected chi connectivity index (χ3v) is 9.99. The number of anilines is 1. The standard InChI is InChI=1S/C33H41F3N7O10P/c1-21(31(46)49-16-24-12-14-42(15-13-24)18-33(34,35)36)41-54(47,53-25-8-6-5-7-9-25)50-19-32(17-37,48-4)29(52-23(3)45)28(51-22(2)44)26-10-11-27-30(38)39-20-40-43(26)27/h5-11,20-21,24,28-29H,12-16,18-19H2,1-4H3,(H,41,47)(H2,38,39,40)/t21-,28-,29-,32+,54?/m0/s1. The topological polar surface area (TPSA) is 219 Å². The van der Waals surface area contributed by atoms with Gasteiger partial charge in [-0.2, -0.15) is 28.6 Å². The Kier molecular flexibility index (Phi) is 14.0. The average Bonchev–Trinajstić information content (AvgIpc) is 3.55. The lowest BCUT2D eigenvalue weighted by Gasteiger charge is -2.37. The average molecular weight is 784 g/mol. The number of para-hydroxylation sites is 1. The van der Waals surface area contributed by atoms with E-state index in [1.165, 1.54) is 40.6 Å². The Morgan fingerprint density at radius 1 is 1.09 bits per heavy atom. The Balaban J connectivity index is 1.58. The van der Waals surface area contributed by atoms with Gasteiger partial charge in [-0.1, -0.05) is 18.2 Å². The van der Waals surface area contributed by atoms with Gasteiger partial charge in [0.2, 0.25) is 5.60 Å². The number of nitrogen functional groups attached to an aromatic ring is 1. The van der Waals surface area contributed by atoms with Crippen LogP contribution in [0.1, 0.15) is 45.4 Å². The zero-order valence-electron chi connectivity index (χ0n) is 29.9. The predicted octanol–water partition coefficient (Wildman–Crippen LogP) is 3.76. The molecule has 0 radical (unpaired) electrons. The summed E-state index contributed by atoms with van der Waals surface area (Å²) in [4.78, 5) is 43.2. The summed E-state index contributed by atoms with van der Waals surface area (Å²) in [6, 6.07) is 11.2. The van der Waals surface area contributed by atoms with Crippen molar-refractivity contribution in [3.05, 3.63) is 54.5 Å². The van der Waals surface area contributed by atoms with Crippen molar-refractivity contribution in [3.63, 3.8) is 0 Å². The van der Waals surface area contributed by atoms with Gasteiger partial charge in [-0.05, 0) is 63.0 Å². The van der Waals surface area contributed by atoms with E-state index in [9.17, 15) is 37.4 Å². The normalized spacial score (nSPS) is 18.0. The highest BCUT2D eigenvalue weighted by Gasteiger charge is 2.52. The number of carbonyl (C=O) groups excluding carboxylic acids is 3. The fraction of sp³-hybridized carbons (Fsp3) is 0.515. The Morgan fingerprint density at radius 3 is 2.35 bits per heavy atom. The summed E-state index contributed by atoms with van der Waals surface area (Å²) in [5.41, 5.74) is 3.98. The van der Waals surface area contributed by atoms with Crippen LogP contribution in [0.25, 0.3) is 5.52 Å². The number of hydrogen-bond acceptors (Lipinski definition) is 15. The van der Waals surface area contributed by atoms with Crippen molar-refractivity contribution < 1.29 is 60.1 Å². The predicted molar refractivity (Wildman–Crippen MR) is 182 cm³/mol. The largest absolute Gasteiger partial charge is 0.464 e. The molecule has 294 valence electrons. The molecule has 0 aliphatic carbocycles. The molecule has 3 N–H and O–H groups in total. The number of fused-ring (bicyclic) bond motifs is 1. The first-order chi connectivity index (χ1) is 25.5. The van der Waals surface area contributed by atoms with E-state index in [-0.39, 0.29) is 42.9 Å². The number of nitrogens with two attached hydrogens (primary N) is 1. The molecule has 17 nitrogen and oxygen atoms in total. The van der Waals surface area contributed by atoms with Crippen LogP contribution in [-0.4, -0.2) is 101 Å². The molecule has 1 saturated heterocycles. The summed E-state index contributed by atoms with van der Waals surface area (Å²) >= 11 is 0. The van der Waals surface area contributed by atoms with E-state index in [4.69, 9.17) is 33.7 Å². The van der Waals surface area contributed by atoms with Crippen LogP contribution in [0.2, 0.25) is 0 Å². The lowest BCUT2D eigenvalue weighted by Crippen LogP contribution is -2.53. The minimum absolute atomic E-state index is 0.0331. The number of aromatic nitrogens is 3. The summed E-state index contributed by atoms with van der Waals surface area (Å²) in [6.45, 7) is 1.71. The number of rotatable bonds is 17. The summed E-state index contributed by atoms with van der Waals surface area (Å²) in [6.07, 6.45) is -5.85. The minimum Gasteiger partial charge on any atom is -0.464 e. The number of alkyl halides is 3. The molecule has 0 bridgehead atoms. The number of carbonyl (C=O) groups is 3. The molecule has 1 aromatic carbocycles.